The fraction of sp³-hybridized carbons (Fsp3) is 0.636. The van der Waals surface area contributed by atoms with Crippen molar-refractivity contribution in [3.8, 4) is 11.5 Å². The number of carbonyl (C=O) groups excluding carboxylic acids is 2. The molecule has 1 aromatic rings. The summed E-state index contributed by atoms with van der Waals surface area (Å²) in [6.07, 6.45) is 6.63. The molecule has 0 fully saturated rings. The smallest absolute Gasteiger partial charge is 0.379 e. The van der Waals surface area contributed by atoms with Gasteiger partial charge >= 0.3 is 27.1 Å². The number of ether oxygens (including phenoxy) is 2. The first-order chi connectivity index (χ1) is 21.3. The molecule has 0 radical (unpaired) electrons. The highest BCUT2D eigenvalue weighted by Crippen LogP contribution is 2.57. The van der Waals surface area contributed by atoms with Crippen molar-refractivity contribution in [3.63, 3.8) is 0 Å². The van der Waals surface area contributed by atoms with Crippen LogP contribution in [0.1, 0.15) is 96.6 Å². The average molecular weight is 671 g/mol. The van der Waals surface area contributed by atoms with Crippen molar-refractivity contribution in [2.24, 2.45) is 5.92 Å². The molecule has 1 aliphatic carbocycles. The summed E-state index contributed by atoms with van der Waals surface area (Å²) in [6, 6.07) is 3.66. The van der Waals surface area contributed by atoms with Gasteiger partial charge in [-0.15, -0.1) is 0 Å². The van der Waals surface area contributed by atoms with Gasteiger partial charge in [-0.3, -0.25) is 9.59 Å². The standard InChI is InChI=1S/C33H52O10P2/c1-9-12-13-14-26-22-29(42-44(36,38-7)19-17-31(34)40-10-2)33(28-21-25(6)15-16-27(28)24(4)5)30(23-26)43-45(37,39-8)20-18-32(35)41-11-3/h21-23,27-28H,4,9-20H2,1-3,5-8H3. The van der Waals surface area contributed by atoms with Gasteiger partial charge in [-0.1, -0.05) is 43.6 Å². The Morgan fingerprint density at radius 1 is 0.889 bits per heavy atom. The second-order valence-electron chi connectivity index (χ2n) is 11.3. The fourth-order valence-corrected chi connectivity index (χ4v) is 7.85. The summed E-state index contributed by atoms with van der Waals surface area (Å²) in [5.74, 6) is -0.853. The molecule has 45 heavy (non-hydrogen) atoms. The monoisotopic (exact) mass is 670 g/mol. The molecular formula is C33H52O10P2. The van der Waals surface area contributed by atoms with Crippen molar-refractivity contribution in [2.45, 2.75) is 91.9 Å². The number of rotatable bonds is 20. The Balaban J connectivity index is 2.77. The first-order valence-electron chi connectivity index (χ1n) is 15.8. The topological polar surface area (TPSA) is 124 Å². The third kappa shape index (κ3) is 12.1. The molecule has 4 unspecified atom stereocenters. The maximum absolute atomic E-state index is 14.0. The number of aryl methyl sites for hydroxylation is 1. The molecule has 0 aromatic heterocycles. The number of benzene rings is 1. The van der Waals surface area contributed by atoms with E-state index in [0.29, 0.717) is 12.0 Å². The van der Waals surface area contributed by atoms with Crippen molar-refractivity contribution in [1.29, 1.82) is 0 Å². The lowest BCUT2D eigenvalue weighted by atomic mass is 9.73. The zero-order valence-electron chi connectivity index (χ0n) is 28.1. The molecule has 0 spiro atoms. The van der Waals surface area contributed by atoms with Crippen LogP contribution in [-0.4, -0.2) is 51.7 Å². The molecule has 4 atom stereocenters. The van der Waals surface area contributed by atoms with E-state index in [1.54, 1.807) is 13.8 Å². The summed E-state index contributed by atoms with van der Waals surface area (Å²) in [5, 5.41) is 0. The minimum Gasteiger partial charge on any atom is -0.466 e. The summed E-state index contributed by atoms with van der Waals surface area (Å²) in [5.41, 5.74) is 3.45. The van der Waals surface area contributed by atoms with Gasteiger partial charge in [-0.2, -0.15) is 0 Å². The zero-order valence-corrected chi connectivity index (χ0v) is 29.8. The Bertz CT molecular complexity index is 1220. The zero-order chi connectivity index (χ0) is 33.6. The van der Waals surface area contributed by atoms with E-state index in [0.717, 1.165) is 48.8 Å². The van der Waals surface area contributed by atoms with Crippen LogP contribution < -0.4 is 9.05 Å². The first kappa shape index (κ1) is 38.8. The first-order valence-corrected chi connectivity index (χ1v) is 19.3. The molecular weight excluding hydrogens is 618 g/mol. The molecule has 1 aliphatic rings. The molecule has 0 bridgehead atoms. The van der Waals surface area contributed by atoms with Gasteiger partial charge < -0.3 is 27.6 Å². The Morgan fingerprint density at radius 3 is 1.82 bits per heavy atom. The van der Waals surface area contributed by atoms with Gasteiger partial charge in [0.05, 0.1) is 38.4 Å². The average Bonchev–Trinajstić information content (AvgIpc) is 2.99. The summed E-state index contributed by atoms with van der Waals surface area (Å²) in [6.45, 7) is 14.2. The van der Waals surface area contributed by atoms with Crippen molar-refractivity contribution < 1.29 is 46.3 Å². The van der Waals surface area contributed by atoms with E-state index >= 15 is 0 Å². The minimum absolute atomic E-state index is 0.0211. The third-order valence-corrected chi connectivity index (χ3v) is 11.4. The Hall–Kier alpha value is -2.38. The maximum Gasteiger partial charge on any atom is 0.379 e. The van der Waals surface area contributed by atoms with Crippen LogP contribution in [0, 0.1) is 5.92 Å². The molecule has 1 aromatic carbocycles. The molecule has 0 saturated carbocycles. The lowest BCUT2D eigenvalue weighted by Crippen LogP contribution is -2.19. The highest BCUT2D eigenvalue weighted by molar-refractivity contribution is 7.54. The van der Waals surface area contributed by atoms with E-state index in [9.17, 15) is 18.7 Å². The molecule has 0 heterocycles. The molecule has 0 amide bonds. The molecule has 0 aliphatic heterocycles. The van der Waals surface area contributed by atoms with E-state index in [1.807, 2.05) is 26.0 Å². The van der Waals surface area contributed by atoms with Crippen molar-refractivity contribution in [3.05, 3.63) is 47.1 Å². The SMILES string of the molecule is C=C(C)C1CCC(C)=CC1c1c(OP(=O)(CCC(=O)OCC)OC)cc(CCCCC)cc1OP(=O)(CCC(=O)OCC)OC. The van der Waals surface area contributed by atoms with Crippen LogP contribution in [0.3, 0.4) is 0 Å². The second-order valence-corrected chi connectivity index (χ2v) is 15.8. The number of esters is 2. The van der Waals surface area contributed by atoms with E-state index in [4.69, 9.17) is 27.6 Å². The van der Waals surface area contributed by atoms with Gasteiger partial charge in [0.15, 0.2) is 0 Å². The van der Waals surface area contributed by atoms with Crippen LogP contribution >= 0.6 is 15.2 Å². The Labute approximate surface area is 269 Å². The van der Waals surface area contributed by atoms with Gasteiger partial charge in [0.2, 0.25) is 0 Å². The molecule has 10 nitrogen and oxygen atoms in total. The van der Waals surface area contributed by atoms with Crippen LogP contribution in [0.5, 0.6) is 11.5 Å². The number of allylic oxidation sites excluding steroid dienone is 3. The summed E-state index contributed by atoms with van der Waals surface area (Å²) >= 11 is 0. The highest BCUT2D eigenvalue weighted by atomic mass is 31.2. The normalized spacial score (nSPS) is 19.0. The van der Waals surface area contributed by atoms with Crippen molar-refractivity contribution in [2.75, 3.05) is 39.8 Å². The van der Waals surface area contributed by atoms with E-state index in [-0.39, 0.29) is 61.7 Å². The van der Waals surface area contributed by atoms with Crippen LogP contribution in [0.15, 0.2) is 35.9 Å². The van der Waals surface area contributed by atoms with Gasteiger partial charge in [-0.05, 0) is 77.0 Å². The van der Waals surface area contributed by atoms with Gasteiger partial charge in [0.1, 0.15) is 11.5 Å². The molecule has 2 rings (SSSR count). The number of unbranched alkanes of at least 4 members (excludes halogenated alkanes) is 2. The quantitative estimate of drug-likeness (QED) is 0.0575. The van der Waals surface area contributed by atoms with Crippen LogP contribution in [0.4, 0.5) is 0 Å². The predicted octanol–water partition coefficient (Wildman–Crippen LogP) is 8.78. The van der Waals surface area contributed by atoms with Crippen LogP contribution in [0.25, 0.3) is 0 Å². The fourth-order valence-electron chi connectivity index (χ4n) is 5.34. The predicted molar refractivity (Wildman–Crippen MR) is 176 cm³/mol. The van der Waals surface area contributed by atoms with Crippen LogP contribution in [-0.2, 0) is 43.7 Å². The maximum atomic E-state index is 14.0. The Kier molecular flexibility index (Phi) is 16.1. The van der Waals surface area contributed by atoms with Gasteiger partial charge in [0, 0.05) is 25.7 Å². The largest absolute Gasteiger partial charge is 0.466 e. The number of hydrogen-bond acceptors (Lipinski definition) is 10. The number of hydrogen-bond donors (Lipinski definition) is 0. The Morgan fingerprint density at radius 2 is 1.40 bits per heavy atom. The van der Waals surface area contributed by atoms with Crippen molar-refractivity contribution >= 4 is 27.1 Å². The number of carbonyl (C=O) groups is 2. The van der Waals surface area contributed by atoms with E-state index in [1.165, 1.54) is 14.2 Å². The molecule has 254 valence electrons. The highest BCUT2D eigenvalue weighted by Gasteiger charge is 2.37. The molecule has 0 N–H and O–H groups in total. The molecule has 12 heteroatoms. The van der Waals surface area contributed by atoms with E-state index < -0.39 is 27.1 Å². The summed E-state index contributed by atoms with van der Waals surface area (Å²) in [4.78, 5) is 24.3. The van der Waals surface area contributed by atoms with Gasteiger partial charge in [0.25, 0.3) is 0 Å². The lowest BCUT2D eigenvalue weighted by molar-refractivity contribution is -0.143. The third-order valence-electron chi connectivity index (χ3n) is 7.77. The van der Waals surface area contributed by atoms with Crippen LogP contribution in [0.2, 0.25) is 0 Å². The van der Waals surface area contributed by atoms with Gasteiger partial charge in [-0.25, -0.2) is 9.13 Å². The minimum atomic E-state index is -3.86. The summed E-state index contributed by atoms with van der Waals surface area (Å²) < 4.78 is 61.4. The summed E-state index contributed by atoms with van der Waals surface area (Å²) in [7, 11) is -5.16. The lowest BCUT2D eigenvalue weighted by Gasteiger charge is -2.34. The molecule has 0 saturated heterocycles. The van der Waals surface area contributed by atoms with Crippen molar-refractivity contribution in [1.82, 2.24) is 0 Å². The second kappa shape index (κ2) is 18.7. The van der Waals surface area contributed by atoms with E-state index in [2.05, 4.69) is 19.6 Å².